The summed E-state index contributed by atoms with van der Waals surface area (Å²) >= 11 is 0. The second-order valence-corrected chi connectivity index (χ2v) is 3.71. The van der Waals surface area contributed by atoms with Crippen LogP contribution in [0.15, 0.2) is 11.3 Å². The molecule has 0 unspecified atom stereocenters. The normalized spacial score (nSPS) is 19.0. The molecule has 1 saturated heterocycles. The summed E-state index contributed by atoms with van der Waals surface area (Å²) in [5, 5.41) is 0. The van der Waals surface area contributed by atoms with Crippen molar-refractivity contribution in [2.45, 2.75) is 19.3 Å². The van der Waals surface area contributed by atoms with Crippen molar-refractivity contribution in [2.75, 3.05) is 18.0 Å². The van der Waals surface area contributed by atoms with E-state index in [-0.39, 0.29) is 0 Å². The highest BCUT2D eigenvalue weighted by Crippen LogP contribution is 2.30. The Morgan fingerprint density at radius 3 is 2.86 bits per heavy atom. The zero-order valence-corrected chi connectivity index (χ0v) is 7.98. The van der Waals surface area contributed by atoms with Gasteiger partial charge in [-0.1, -0.05) is 0 Å². The van der Waals surface area contributed by atoms with Gasteiger partial charge in [0.1, 0.15) is 12.1 Å². The van der Waals surface area contributed by atoms with Gasteiger partial charge in [0.2, 0.25) is 0 Å². The monoisotopic (exact) mass is 188 g/mol. The van der Waals surface area contributed by atoms with E-state index in [0.717, 1.165) is 31.1 Å². The molecule has 0 spiro atoms. The van der Waals surface area contributed by atoms with Crippen LogP contribution in [-0.4, -0.2) is 29.3 Å². The minimum Gasteiger partial charge on any atom is -0.356 e. The van der Waals surface area contributed by atoms with Crippen LogP contribution in [0.3, 0.4) is 0 Å². The SMILES string of the molecule is C1=Nc2ncnc(N3CCCC3)c2C1. The zero-order valence-electron chi connectivity index (χ0n) is 7.98. The van der Waals surface area contributed by atoms with Gasteiger partial charge in [-0.05, 0) is 12.8 Å². The molecule has 2 aliphatic heterocycles. The summed E-state index contributed by atoms with van der Waals surface area (Å²) in [6, 6.07) is 0. The van der Waals surface area contributed by atoms with Gasteiger partial charge in [-0.25, -0.2) is 15.0 Å². The summed E-state index contributed by atoms with van der Waals surface area (Å²) in [6.07, 6.45) is 6.98. The molecule has 3 rings (SSSR count). The van der Waals surface area contributed by atoms with E-state index in [9.17, 15) is 0 Å². The van der Waals surface area contributed by atoms with Gasteiger partial charge in [0.25, 0.3) is 0 Å². The molecule has 0 atom stereocenters. The maximum atomic E-state index is 4.37. The molecule has 1 aromatic rings. The van der Waals surface area contributed by atoms with E-state index in [4.69, 9.17) is 0 Å². The smallest absolute Gasteiger partial charge is 0.160 e. The lowest BCUT2D eigenvalue weighted by molar-refractivity contribution is 0.915. The number of hydrogen-bond acceptors (Lipinski definition) is 4. The maximum Gasteiger partial charge on any atom is 0.160 e. The molecule has 0 bridgehead atoms. The van der Waals surface area contributed by atoms with E-state index >= 15 is 0 Å². The third-order valence-electron chi connectivity index (χ3n) is 2.81. The van der Waals surface area contributed by atoms with Gasteiger partial charge in [0.05, 0.1) is 0 Å². The lowest BCUT2D eigenvalue weighted by Gasteiger charge is -2.18. The van der Waals surface area contributed by atoms with Crippen LogP contribution in [0.25, 0.3) is 0 Å². The van der Waals surface area contributed by atoms with Crippen molar-refractivity contribution in [3.05, 3.63) is 11.9 Å². The van der Waals surface area contributed by atoms with Crippen LogP contribution in [0.2, 0.25) is 0 Å². The molecule has 4 heteroatoms. The van der Waals surface area contributed by atoms with Gasteiger partial charge < -0.3 is 4.90 Å². The molecule has 1 aromatic heterocycles. The van der Waals surface area contributed by atoms with Gasteiger partial charge in [0.15, 0.2) is 5.82 Å². The number of aromatic nitrogens is 2. The van der Waals surface area contributed by atoms with Crippen LogP contribution in [-0.2, 0) is 6.42 Å². The van der Waals surface area contributed by atoms with Gasteiger partial charge in [-0.3, -0.25) is 0 Å². The number of rotatable bonds is 1. The molecule has 1 fully saturated rings. The summed E-state index contributed by atoms with van der Waals surface area (Å²) in [4.78, 5) is 15.1. The van der Waals surface area contributed by atoms with Crippen LogP contribution in [0, 0.1) is 0 Å². The molecule has 3 heterocycles. The molecular weight excluding hydrogens is 176 g/mol. The molecule has 0 radical (unpaired) electrons. The summed E-state index contributed by atoms with van der Waals surface area (Å²) in [6.45, 7) is 2.26. The highest BCUT2D eigenvalue weighted by Gasteiger charge is 2.21. The fourth-order valence-corrected chi connectivity index (χ4v) is 2.11. The first-order valence-electron chi connectivity index (χ1n) is 5.06. The second kappa shape index (κ2) is 3.04. The van der Waals surface area contributed by atoms with Crippen molar-refractivity contribution < 1.29 is 0 Å². The molecule has 72 valence electrons. The number of nitrogens with zero attached hydrogens (tertiary/aromatic N) is 4. The quantitative estimate of drug-likeness (QED) is 0.667. The van der Waals surface area contributed by atoms with E-state index in [1.54, 1.807) is 6.33 Å². The first kappa shape index (κ1) is 7.91. The van der Waals surface area contributed by atoms with Crippen LogP contribution in [0.1, 0.15) is 18.4 Å². The Hall–Kier alpha value is -1.45. The average molecular weight is 188 g/mol. The van der Waals surface area contributed by atoms with E-state index in [1.807, 2.05) is 6.21 Å². The molecule has 0 aliphatic carbocycles. The Bertz CT molecular complexity index is 380. The van der Waals surface area contributed by atoms with Crippen molar-refractivity contribution >= 4 is 17.9 Å². The Balaban J connectivity index is 2.02. The Morgan fingerprint density at radius 1 is 1.14 bits per heavy atom. The first-order valence-corrected chi connectivity index (χ1v) is 5.06. The predicted octanol–water partition coefficient (Wildman–Crippen LogP) is 1.34. The molecule has 14 heavy (non-hydrogen) atoms. The van der Waals surface area contributed by atoms with Crippen LogP contribution < -0.4 is 4.90 Å². The van der Waals surface area contributed by atoms with E-state index in [0.29, 0.717) is 0 Å². The number of hydrogen-bond donors (Lipinski definition) is 0. The molecule has 0 aromatic carbocycles. The number of aliphatic imine (C=N–C) groups is 1. The Morgan fingerprint density at radius 2 is 2.00 bits per heavy atom. The lowest BCUT2D eigenvalue weighted by atomic mass is 10.2. The van der Waals surface area contributed by atoms with Crippen molar-refractivity contribution in [1.29, 1.82) is 0 Å². The summed E-state index contributed by atoms with van der Waals surface area (Å²) in [5.74, 6) is 1.96. The highest BCUT2D eigenvalue weighted by molar-refractivity contribution is 5.78. The zero-order chi connectivity index (χ0) is 9.38. The van der Waals surface area contributed by atoms with E-state index in [2.05, 4.69) is 19.9 Å². The second-order valence-electron chi connectivity index (χ2n) is 3.71. The molecule has 0 N–H and O–H groups in total. The molecule has 0 saturated carbocycles. The van der Waals surface area contributed by atoms with Gasteiger partial charge >= 0.3 is 0 Å². The fourth-order valence-electron chi connectivity index (χ4n) is 2.11. The Kier molecular flexibility index (Phi) is 1.72. The van der Waals surface area contributed by atoms with Crippen LogP contribution in [0.5, 0.6) is 0 Å². The fraction of sp³-hybridized carbons (Fsp3) is 0.500. The van der Waals surface area contributed by atoms with E-state index < -0.39 is 0 Å². The number of fused-ring (bicyclic) bond motifs is 1. The highest BCUT2D eigenvalue weighted by atomic mass is 15.2. The Labute approximate surface area is 82.7 Å². The summed E-state index contributed by atoms with van der Waals surface area (Å²) in [7, 11) is 0. The minimum atomic E-state index is 0.863. The van der Waals surface area contributed by atoms with Gasteiger partial charge in [-0.15, -0.1) is 0 Å². The van der Waals surface area contributed by atoms with Crippen molar-refractivity contribution in [2.24, 2.45) is 4.99 Å². The molecule has 4 nitrogen and oxygen atoms in total. The average Bonchev–Trinajstić information content (AvgIpc) is 2.88. The third kappa shape index (κ3) is 1.10. The van der Waals surface area contributed by atoms with Crippen molar-refractivity contribution in [1.82, 2.24) is 9.97 Å². The third-order valence-corrected chi connectivity index (χ3v) is 2.81. The van der Waals surface area contributed by atoms with Crippen LogP contribution >= 0.6 is 0 Å². The molecule has 2 aliphatic rings. The maximum absolute atomic E-state index is 4.37. The molecular formula is C10H12N4. The lowest BCUT2D eigenvalue weighted by Crippen LogP contribution is -2.20. The summed E-state index contributed by atoms with van der Waals surface area (Å²) in [5.41, 5.74) is 1.20. The van der Waals surface area contributed by atoms with Gasteiger partial charge in [0, 0.05) is 31.3 Å². The topological polar surface area (TPSA) is 41.4 Å². The predicted molar refractivity (Wildman–Crippen MR) is 55.3 cm³/mol. The summed E-state index contributed by atoms with van der Waals surface area (Å²) < 4.78 is 0. The number of anilines is 1. The van der Waals surface area contributed by atoms with Crippen LogP contribution in [0.4, 0.5) is 11.6 Å². The first-order chi connectivity index (χ1) is 6.95. The van der Waals surface area contributed by atoms with Crippen molar-refractivity contribution in [3.8, 4) is 0 Å². The largest absolute Gasteiger partial charge is 0.356 e. The van der Waals surface area contributed by atoms with E-state index in [1.165, 1.54) is 18.4 Å². The minimum absolute atomic E-state index is 0.863. The molecule has 0 amide bonds. The standard InChI is InChI=1S/C10H12N4/c1-2-6-14(5-1)10-8-3-4-11-9(8)12-7-13-10/h4,7H,1-3,5-6H2. The van der Waals surface area contributed by atoms with Crippen molar-refractivity contribution in [3.63, 3.8) is 0 Å². The van der Waals surface area contributed by atoms with Gasteiger partial charge in [-0.2, -0.15) is 0 Å².